The number of pyridine rings is 2. The zero-order chi connectivity index (χ0) is 19.2. The molecule has 0 atom stereocenters. The van der Waals surface area contributed by atoms with Gasteiger partial charge in [0.25, 0.3) is 5.91 Å². The molecule has 0 aliphatic rings. The summed E-state index contributed by atoms with van der Waals surface area (Å²) in [5.74, 6) is -0.121. The minimum Gasteiger partial charge on any atom is -0.352 e. The number of H-pyrrole nitrogens is 1. The molecule has 6 nitrogen and oxygen atoms in total. The molecule has 0 radical (unpaired) electrons. The molecule has 2 N–H and O–H groups in total. The Labute approximate surface area is 162 Å². The summed E-state index contributed by atoms with van der Waals surface area (Å²) in [5, 5.41) is 10.4. The SMILES string of the molecule is O=C(NCCc1ccccn1)c1ccccc1-c1cc(-c2cccnc2)n[nH]1. The smallest absolute Gasteiger partial charge is 0.251 e. The molecule has 0 aliphatic heterocycles. The normalized spacial score (nSPS) is 10.6. The Morgan fingerprint density at radius 1 is 1.00 bits per heavy atom. The van der Waals surface area contributed by atoms with Gasteiger partial charge in [0.15, 0.2) is 0 Å². The molecular formula is C22H19N5O. The van der Waals surface area contributed by atoms with Gasteiger partial charge in [0, 0.05) is 53.9 Å². The Bertz CT molecular complexity index is 1060. The number of carbonyl (C=O) groups excluding carboxylic acids is 1. The first-order chi connectivity index (χ1) is 13.8. The highest BCUT2D eigenvalue weighted by Crippen LogP contribution is 2.26. The van der Waals surface area contributed by atoms with E-state index in [9.17, 15) is 4.79 Å². The van der Waals surface area contributed by atoms with Crippen molar-refractivity contribution in [3.8, 4) is 22.5 Å². The van der Waals surface area contributed by atoms with Crippen LogP contribution in [0, 0.1) is 0 Å². The Balaban J connectivity index is 1.51. The van der Waals surface area contributed by atoms with Crippen LogP contribution in [-0.4, -0.2) is 32.6 Å². The molecule has 0 aliphatic carbocycles. The first kappa shape index (κ1) is 17.6. The summed E-state index contributed by atoms with van der Waals surface area (Å²) in [5.41, 5.74) is 4.85. The van der Waals surface area contributed by atoms with E-state index in [-0.39, 0.29) is 5.91 Å². The molecule has 0 unspecified atom stereocenters. The van der Waals surface area contributed by atoms with Crippen molar-refractivity contribution in [2.45, 2.75) is 6.42 Å². The van der Waals surface area contributed by atoms with Gasteiger partial charge < -0.3 is 5.32 Å². The van der Waals surface area contributed by atoms with Gasteiger partial charge in [-0.1, -0.05) is 24.3 Å². The van der Waals surface area contributed by atoms with Crippen LogP contribution in [0.2, 0.25) is 0 Å². The summed E-state index contributed by atoms with van der Waals surface area (Å²) < 4.78 is 0. The molecule has 1 amide bonds. The third kappa shape index (κ3) is 3.96. The second kappa shape index (κ2) is 8.26. The number of rotatable bonds is 6. The van der Waals surface area contributed by atoms with Gasteiger partial charge in [-0.2, -0.15) is 5.10 Å². The van der Waals surface area contributed by atoms with Crippen LogP contribution in [-0.2, 0) is 6.42 Å². The van der Waals surface area contributed by atoms with Crippen LogP contribution in [0.5, 0.6) is 0 Å². The van der Waals surface area contributed by atoms with Crippen molar-refractivity contribution < 1.29 is 4.79 Å². The molecule has 0 bridgehead atoms. The monoisotopic (exact) mass is 369 g/mol. The Morgan fingerprint density at radius 3 is 2.71 bits per heavy atom. The topological polar surface area (TPSA) is 83.6 Å². The highest BCUT2D eigenvalue weighted by atomic mass is 16.1. The number of nitrogens with zero attached hydrogens (tertiary/aromatic N) is 3. The second-order valence-corrected chi connectivity index (χ2v) is 6.28. The molecule has 4 rings (SSSR count). The number of amides is 1. The highest BCUT2D eigenvalue weighted by Gasteiger charge is 2.14. The minimum atomic E-state index is -0.121. The molecule has 28 heavy (non-hydrogen) atoms. The first-order valence-corrected chi connectivity index (χ1v) is 9.04. The van der Waals surface area contributed by atoms with E-state index in [1.807, 2.05) is 60.7 Å². The number of hydrogen-bond acceptors (Lipinski definition) is 4. The molecule has 0 saturated heterocycles. The molecule has 138 valence electrons. The standard InChI is InChI=1S/C22H19N5O/c28-22(25-13-10-17-7-3-4-12-24-17)19-9-2-1-8-18(19)21-14-20(26-27-21)16-6-5-11-23-15-16/h1-9,11-12,14-15H,10,13H2,(H,25,28)(H,26,27). The van der Waals surface area contributed by atoms with E-state index in [0.29, 0.717) is 18.5 Å². The lowest BCUT2D eigenvalue weighted by atomic mass is 10.0. The molecule has 3 heterocycles. The second-order valence-electron chi connectivity index (χ2n) is 6.28. The summed E-state index contributed by atoms with van der Waals surface area (Å²) in [7, 11) is 0. The van der Waals surface area contributed by atoms with Gasteiger partial charge in [0.05, 0.1) is 11.4 Å². The largest absolute Gasteiger partial charge is 0.352 e. The van der Waals surface area contributed by atoms with Crippen molar-refractivity contribution in [1.29, 1.82) is 0 Å². The summed E-state index contributed by atoms with van der Waals surface area (Å²) in [6.45, 7) is 0.522. The number of hydrogen-bond donors (Lipinski definition) is 2. The quantitative estimate of drug-likeness (QED) is 0.545. The van der Waals surface area contributed by atoms with Crippen LogP contribution in [0.15, 0.2) is 79.3 Å². The van der Waals surface area contributed by atoms with Gasteiger partial charge in [0.1, 0.15) is 0 Å². The van der Waals surface area contributed by atoms with Crippen molar-refractivity contribution >= 4 is 5.91 Å². The Hall–Kier alpha value is -3.80. The number of carbonyl (C=O) groups is 1. The highest BCUT2D eigenvalue weighted by molar-refractivity contribution is 6.00. The van der Waals surface area contributed by atoms with Crippen LogP contribution in [0.4, 0.5) is 0 Å². The number of aromatic amines is 1. The average molecular weight is 369 g/mol. The van der Waals surface area contributed by atoms with E-state index >= 15 is 0 Å². The number of aromatic nitrogens is 4. The van der Waals surface area contributed by atoms with E-state index in [1.54, 1.807) is 18.6 Å². The zero-order valence-corrected chi connectivity index (χ0v) is 15.2. The van der Waals surface area contributed by atoms with Crippen LogP contribution < -0.4 is 5.32 Å². The third-order valence-electron chi connectivity index (χ3n) is 4.39. The van der Waals surface area contributed by atoms with Crippen molar-refractivity contribution in [2.24, 2.45) is 0 Å². The predicted octanol–water partition coefficient (Wildman–Crippen LogP) is 3.51. The van der Waals surface area contributed by atoms with Crippen molar-refractivity contribution in [1.82, 2.24) is 25.5 Å². The van der Waals surface area contributed by atoms with Gasteiger partial charge >= 0.3 is 0 Å². The molecule has 1 aromatic carbocycles. The fourth-order valence-corrected chi connectivity index (χ4v) is 2.98. The molecule has 0 saturated carbocycles. The number of benzene rings is 1. The van der Waals surface area contributed by atoms with E-state index < -0.39 is 0 Å². The minimum absolute atomic E-state index is 0.121. The van der Waals surface area contributed by atoms with Crippen LogP contribution in [0.1, 0.15) is 16.1 Å². The van der Waals surface area contributed by atoms with Crippen molar-refractivity contribution in [2.75, 3.05) is 6.54 Å². The van der Waals surface area contributed by atoms with Gasteiger partial charge in [0.2, 0.25) is 0 Å². The van der Waals surface area contributed by atoms with Crippen LogP contribution >= 0.6 is 0 Å². The lowest BCUT2D eigenvalue weighted by Gasteiger charge is -2.09. The summed E-state index contributed by atoms with van der Waals surface area (Å²) >= 11 is 0. The molecule has 4 aromatic rings. The van der Waals surface area contributed by atoms with Gasteiger partial charge in [-0.25, -0.2) is 0 Å². The van der Waals surface area contributed by atoms with Crippen LogP contribution in [0.3, 0.4) is 0 Å². The lowest BCUT2D eigenvalue weighted by molar-refractivity contribution is 0.0954. The summed E-state index contributed by atoms with van der Waals surface area (Å²) in [4.78, 5) is 21.1. The molecule has 3 aromatic heterocycles. The fourth-order valence-electron chi connectivity index (χ4n) is 2.98. The maximum atomic E-state index is 12.7. The van der Waals surface area contributed by atoms with E-state index in [0.717, 1.165) is 28.2 Å². The van der Waals surface area contributed by atoms with E-state index in [4.69, 9.17) is 0 Å². The number of nitrogens with one attached hydrogen (secondary N) is 2. The van der Waals surface area contributed by atoms with Gasteiger partial charge in [-0.05, 0) is 36.4 Å². The fraction of sp³-hybridized carbons (Fsp3) is 0.0909. The average Bonchev–Trinajstić information content (AvgIpc) is 3.25. The summed E-state index contributed by atoms with van der Waals surface area (Å²) in [6, 6.07) is 19.0. The van der Waals surface area contributed by atoms with Crippen molar-refractivity contribution in [3.63, 3.8) is 0 Å². The molecule has 6 heteroatoms. The van der Waals surface area contributed by atoms with E-state index in [1.165, 1.54) is 0 Å². The van der Waals surface area contributed by atoms with Gasteiger partial charge in [-0.15, -0.1) is 0 Å². The summed E-state index contributed by atoms with van der Waals surface area (Å²) in [6.07, 6.45) is 5.92. The van der Waals surface area contributed by atoms with Gasteiger partial charge in [-0.3, -0.25) is 19.9 Å². The van der Waals surface area contributed by atoms with Crippen LogP contribution in [0.25, 0.3) is 22.5 Å². The third-order valence-corrected chi connectivity index (χ3v) is 4.39. The maximum Gasteiger partial charge on any atom is 0.251 e. The first-order valence-electron chi connectivity index (χ1n) is 9.04. The Kier molecular flexibility index (Phi) is 5.20. The maximum absolute atomic E-state index is 12.7. The molecule has 0 fully saturated rings. The zero-order valence-electron chi connectivity index (χ0n) is 15.2. The van der Waals surface area contributed by atoms with Crippen molar-refractivity contribution in [3.05, 3.63) is 90.5 Å². The Morgan fingerprint density at radius 2 is 1.89 bits per heavy atom. The molecular weight excluding hydrogens is 350 g/mol. The predicted molar refractivity (Wildman–Crippen MR) is 108 cm³/mol. The van der Waals surface area contributed by atoms with E-state index in [2.05, 4.69) is 25.5 Å². The molecule has 0 spiro atoms. The lowest BCUT2D eigenvalue weighted by Crippen LogP contribution is -2.26.